The van der Waals surface area contributed by atoms with E-state index >= 15 is 0 Å². The van der Waals surface area contributed by atoms with Gasteiger partial charge in [0.2, 0.25) is 5.91 Å². The summed E-state index contributed by atoms with van der Waals surface area (Å²) >= 11 is 0. The number of nitro benzene ring substituents is 1. The van der Waals surface area contributed by atoms with Gasteiger partial charge in [-0.3, -0.25) is 19.7 Å². The highest BCUT2D eigenvalue weighted by Gasteiger charge is 2.30. The van der Waals surface area contributed by atoms with Crippen LogP contribution in [0.15, 0.2) is 72.8 Å². The van der Waals surface area contributed by atoms with Gasteiger partial charge in [-0.2, -0.15) is 0 Å². The van der Waals surface area contributed by atoms with Gasteiger partial charge in [-0.15, -0.1) is 0 Å². The van der Waals surface area contributed by atoms with Crippen LogP contribution in [0.25, 0.3) is 11.3 Å². The van der Waals surface area contributed by atoms with Crippen LogP contribution in [0.3, 0.4) is 0 Å². The molecule has 3 N–H and O–H groups in total. The molecule has 3 aromatic rings. The Morgan fingerprint density at radius 2 is 1.79 bits per heavy atom. The highest BCUT2D eigenvalue weighted by molar-refractivity contribution is 6.37. The molecular weight excluding hydrogens is 432 g/mol. The lowest BCUT2D eigenvalue weighted by Gasteiger charge is -2.16. The number of nitro groups is 1. The Hall–Kier alpha value is -4.46. The number of carbonyl (C=O) groups is 2. The number of nitrogens with zero attached hydrogens (tertiary/aromatic N) is 1. The lowest BCUT2D eigenvalue weighted by molar-refractivity contribution is -0.384. The molecule has 0 aliphatic carbocycles. The van der Waals surface area contributed by atoms with Crippen LogP contribution in [-0.4, -0.2) is 22.8 Å². The summed E-state index contributed by atoms with van der Waals surface area (Å²) in [5.41, 5.74) is 4.52. The van der Waals surface area contributed by atoms with Gasteiger partial charge in [-0.25, -0.2) is 0 Å². The molecular formula is C26H22N4O4. The Labute approximate surface area is 195 Å². The van der Waals surface area contributed by atoms with Crippen LogP contribution in [0.5, 0.6) is 0 Å². The summed E-state index contributed by atoms with van der Waals surface area (Å²) < 4.78 is 0. The van der Waals surface area contributed by atoms with Crippen LogP contribution in [0.1, 0.15) is 29.5 Å². The number of rotatable bonds is 6. The Morgan fingerprint density at radius 3 is 2.47 bits per heavy atom. The highest BCUT2D eigenvalue weighted by Crippen LogP contribution is 2.39. The molecule has 2 heterocycles. The monoisotopic (exact) mass is 454 g/mol. The fourth-order valence-electron chi connectivity index (χ4n) is 4.38. The molecule has 3 aromatic carbocycles. The summed E-state index contributed by atoms with van der Waals surface area (Å²) in [4.78, 5) is 35.3. The number of anilines is 2. The largest absolute Gasteiger partial charge is 0.354 e. The van der Waals surface area contributed by atoms with Gasteiger partial charge in [0.1, 0.15) is 0 Å². The van der Waals surface area contributed by atoms with Crippen molar-refractivity contribution in [3.05, 3.63) is 99.6 Å². The SMILES string of the molecule is O=C1CCC(Cc2ccc(NC(=C3C(=O)Nc4ccc([N+](=O)[O-])cc43)c3ccccc3)cc2)N1. The standard InChI is InChI=1S/C26H22N4O4/c31-23-13-10-19(27-23)14-16-6-8-18(9-7-16)28-25(17-4-2-1-3-5-17)24-21-15-20(30(33)34)11-12-22(21)29-26(24)32/h1-9,11-12,15,19,28H,10,13-14H2,(H,27,31)(H,29,32). The van der Waals surface area contributed by atoms with Crippen molar-refractivity contribution in [2.45, 2.75) is 25.3 Å². The van der Waals surface area contributed by atoms with Crippen LogP contribution >= 0.6 is 0 Å². The number of benzene rings is 3. The molecule has 0 bridgehead atoms. The number of carbonyl (C=O) groups excluding carboxylic acids is 2. The summed E-state index contributed by atoms with van der Waals surface area (Å²) in [5.74, 6) is -0.229. The van der Waals surface area contributed by atoms with Gasteiger partial charge in [-0.05, 0) is 42.2 Å². The summed E-state index contributed by atoms with van der Waals surface area (Å²) in [6.45, 7) is 0. The van der Waals surface area contributed by atoms with Crippen molar-refractivity contribution in [2.75, 3.05) is 10.6 Å². The third-order valence-corrected chi connectivity index (χ3v) is 6.06. The number of hydrogen-bond acceptors (Lipinski definition) is 5. The van der Waals surface area contributed by atoms with E-state index in [2.05, 4.69) is 16.0 Å². The van der Waals surface area contributed by atoms with E-state index in [4.69, 9.17) is 0 Å². The molecule has 0 saturated carbocycles. The number of fused-ring (bicyclic) bond motifs is 1. The molecule has 1 saturated heterocycles. The molecule has 1 unspecified atom stereocenters. The van der Waals surface area contributed by atoms with Gasteiger partial charge in [0.15, 0.2) is 0 Å². The van der Waals surface area contributed by atoms with Gasteiger partial charge in [-0.1, -0.05) is 42.5 Å². The first-order valence-electron chi connectivity index (χ1n) is 11.0. The molecule has 0 radical (unpaired) electrons. The third-order valence-electron chi connectivity index (χ3n) is 6.06. The lowest BCUT2D eigenvalue weighted by Crippen LogP contribution is -2.27. The second kappa shape index (κ2) is 8.82. The maximum absolute atomic E-state index is 13.0. The Balaban J connectivity index is 1.51. The molecule has 34 heavy (non-hydrogen) atoms. The number of non-ortho nitro benzene ring substituents is 1. The third kappa shape index (κ3) is 4.25. The zero-order valence-electron chi connectivity index (χ0n) is 18.2. The van der Waals surface area contributed by atoms with Crippen molar-refractivity contribution in [1.29, 1.82) is 0 Å². The van der Waals surface area contributed by atoms with E-state index in [0.717, 1.165) is 29.7 Å². The van der Waals surface area contributed by atoms with Crippen molar-refractivity contribution >= 4 is 40.1 Å². The molecule has 1 atom stereocenters. The minimum absolute atomic E-state index is 0.0801. The molecule has 0 aromatic heterocycles. The smallest absolute Gasteiger partial charge is 0.270 e. The fraction of sp³-hybridized carbons (Fsp3) is 0.154. The van der Waals surface area contributed by atoms with Crippen LogP contribution < -0.4 is 16.0 Å². The lowest BCUT2D eigenvalue weighted by atomic mass is 9.99. The number of amides is 2. The van der Waals surface area contributed by atoms with Gasteiger partial charge in [0, 0.05) is 41.5 Å². The predicted octanol–water partition coefficient (Wildman–Crippen LogP) is 4.35. The van der Waals surface area contributed by atoms with E-state index in [9.17, 15) is 19.7 Å². The second-order valence-corrected chi connectivity index (χ2v) is 8.39. The molecule has 8 nitrogen and oxygen atoms in total. The van der Waals surface area contributed by atoms with Gasteiger partial charge in [0.25, 0.3) is 11.6 Å². The van der Waals surface area contributed by atoms with Gasteiger partial charge < -0.3 is 16.0 Å². The maximum Gasteiger partial charge on any atom is 0.270 e. The minimum Gasteiger partial charge on any atom is -0.354 e. The molecule has 0 spiro atoms. The Kier molecular flexibility index (Phi) is 5.55. The molecule has 2 aliphatic rings. The van der Waals surface area contributed by atoms with E-state index in [1.54, 1.807) is 6.07 Å². The first-order valence-corrected chi connectivity index (χ1v) is 11.0. The summed E-state index contributed by atoms with van der Waals surface area (Å²) in [5, 5.41) is 20.5. The van der Waals surface area contributed by atoms with Crippen molar-refractivity contribution in [3.8, 4) is 0 Å². The molecule has 2 amide bonds. The molecule has 5 rings (SSSR count). The van der Waals surface area contributed by atoms with Crippen LogP contribution in [0, 0.1) is 10.1 Å². The summed E-state index contributed by atoms with van der Waals surface area (Å²) in [7, 11) is 0. The molecule has 2 aliphatic heterocycles. The molecule has 170 valence electrons. The van der Waals surface area contributed by atoms with E-state index in [0.29, 0.717) is 28.9 Å². The molecule has 1 fully saturated rings. The Bertz CT molecular complexity index is 1320. The maximum atomic E-state index is 13.0. The fourth-order valence-corrected chi connectivity index (χ4v) is 4.38. The van der Waals surface area contributed by atoms with Gasteiger partial charge in [0.05, 0.1) is 16.2 Å². The second-order valence-electron chi connectivity index (χ2n) is 8.39. The van der Waals surface area contributed by atoms with Crippen LogP contribution in [0.4, 0.5) is 17.1 Å². The molecule has 8 heteroatoms. The van der Waals surface area contributed by atoms with Gasteiger partial charge >= 0.3 is 0 Å². The van der Waals surface area contributed by atoms with Crippen molar-refractivity contribution in [1.82, 2.24) is 5.32 Å². The zero-order chi connectivity index (χ0) is 23.7. The Morgan fingerprint density at radius 1 is 1.03 bits per heavy atom. The van der Waals surface area contributed by atoms with E-state index in [1.807, 2.05) is 54.6 Å². The average molecular weight is 454 g/mol. The average Bonchev–Trinajstić information content (AvgIpc) is 3.40. The first kappa shape index (κ1) is 21.4. The van der Waals surface area contributed by atoms with E-state index < -0.39 is 4.92 Å². The normalized spacial score (nSPS) is 18.2. The summed E-state index contributed by atoms with van der Waals surface area (Å²) in [6.07, 6.45) is 2.17. The van der Waals surface area contributed by atoms with Crippen molar-refractivity contribution < 1.29 is 14.5 Å². The van der Waals surface area contributed by atoms with Crippen LogP contribution in [-0.2, 0) is 16.0 Å². The minimum atomic E-state index is -0.470. The highest BCUT2D eigenvalue weighted by atomic mass is 16.6. The van der Waals surface area contributed by atoms with E-state index in [1.165, 1.54) is 12.1 Å². The van der Waals surface area contributed by atoms with E-state index in [-0.39, 0.29) is 23.5 Å². The zero-order valence-corrected chi connectivity index (χ0v) is 18.2. The number of hydrogen-bond donors (Lipinski definition) is 3. The first-order chi connectivity index (χ1) is 16.5. The number of nitrogens with one attached hydrogen (secondary N) is 3. The van der Waals surface area contributed by atoms with Crippen molar-refractivity contribution in [3.63, 3.8) is 0 Å². The quantitative estimate of drug-likeness (QED) is 0.291. The van der Waals surface area contributed by atoms with Crippen LogP contribution in [0.2, 0.25) is 0 Å². The summed E-state index contributed by atoms with van der Waals surface area (Å²) in [6, 6.07) is 21.7. The topological polar surface area (TPSA) is 113 Å². The predicted molar refractivity (Wildman–Crippen MR) is 130 cm³/mol. The van der Waals surface area contributed by atoms with Crippen molar-refractivity contribution in [2.24, 2.45) is 0 Å².